The summed E-state index contributed by atoms with van der Waals surface area (Å²) in [5, 5.41) is 11.0. The third kappa shape index (κ3) is 5.65. The normalized spacial score (nSPS) is 11.7. The van der Waals surface area contributed by atoms with Crippen LogP contribution >= 0.6 is 11.3 Å². The number of carboxylic acid groups (broad SMARTS) is 1. The molecule has 0 aliphatic rings. The zero-order valence-electron chi connectivity index (χ0n) is 11.1. The minimum atomic E-state index is -0.721. The molecule has 0 amide bonds. The van der Waals surface area contributed by atoms with Crippen molar-refractivity contribution in [3.63, 3.8) is 0 Å². The molecule has 0 spiro atoms. The summed E-state index contributed by atoms with van der Waals surface area (Å²) in [4.78, 5) is 12.2. The lowest BCUT2D eigenvalue weighted by Gasteiger charge is -2.18. The van der Waals surface area contributed by atoms with Crippen LogP contribution in [0.1, 0.15) is 38.0 Å². The summed E-state index contributed by atoms with van der Waals surface area (Å²) in [6.45, 7) is 5.02. The summed E-state index contributed by atoms with van der Waals surface area (Å²) in [6, 6.07) is 4.16. The highest BCUT2D eigenvalue weighted by Gasteiger charge is 2.25. The number of carboxylic acids is 1. The predicted octanol–water partition coefficient (Wildman–Crippen LogP) is 3.59. The number of hydrogen-bond donors (Lipinski definition) is 1. The molecule has 4 heteroatoms. The van der Waals surface area contributed by atoms with Gasteiger partial charge in [-0.05, 0) is 38.1 Å². The van der Waals surface area contributed by atoms with Gasteiger partial charge in [-0.1, -0.05) is 12.5 Å². The number of thiophene rings is 1. The van der Waals surface area contributed by atoms with Crippen LogP contribution in [-0.4, -0.2) is 24.3 Å². The fourth-order valence-corrected chi connectivity index (χ4v) is 2.30. The Morgan fingerprint density at radius 3 is 2.78 bits per heavy atom. The van der Waals surface area contributed by atoms with Crippen molar-refractivity contribution < 1.29 is 14.6 Å². The SMILES string of the molecule is CC(C)(CCCCOCCc1cccs1)C(=O)O. The van der Waals surface area contributed by atoms with E-state index in [0.29, 0.717) is 6.42 Å². The molecule has 0 aliphatic carbocycles. The first-order chi connectivity index (χ1) is 8.52. The molecule has 0 radical (unpaired) electrons. The summed E-state index contributed by atoms with van der Waals surface area (Å²) in [7, 11) is 0. The molecule has 102 valence electrons. The minimum absolute atomic E-state index is 0.614. The molecule has 1 heterocycles. The van der Waals surface area contributed by atoms with Gasteiger partial charge in [0.25, 0.3) is 0 Å². The summed E-state index contributed by atoms with van der Waals surface area (Å²) >= 11 is 1.75. The van der Waals surface area contributed by atoms with E-state index in [1.807, 2.05) is 6.07 Å². The van der Waals surface area contributed by atoms with Gasteiger partial charge in [-0.15, -0.1) is 11.3 Å². The lowest BCUT2D eigenvalue weighted by Crippen LogP contribution is -2.23. The molecular weight excluding hydrogens is 248 g/mol. The molecule has 0 fully saturated rings. The van der Waals surface area contributed by atoms with E-state index < -0.39 is 11.4 Å². The van der Waals surface area contributed by atoms with Crippen molar-refractivity contribution in [2.24, 2.45) is 5.41 Å². The fourth-order valence-electron chi connectivity index (χ4n) is 1.61. The Balaban J connectivity index is 1.97. The first kappa shape index (κ1) is 15.2. The first-order valence-electron chi connectivity index (χ1n) is 6.36. The zero-order chi connectivity index (χ0) is 13.4. The van der Waals surface area contributed by atoms with Gasteiger partial charge in [0.15, 0.2) is 0 Å². The second kappa shape index (κ2) is 7.54. The Bertz CT molecular complexity index is 344. The summed E-state index contributed by atoms with van der Waals surface area (Å²) in [6.07, 6.45) is 3.51. The van der Waals surface area contributed by atoms with Gasteiger partial charge in [0.1, 0.15) is 0 Å². The molecule has 1 N–H and O–H groups in total. The highest BCUT2D eigenvalue weighted by atomic mass is 32.1. The van der Waals surface area contributed by atoms with Gasteiger partial charge in [-0.2, -0.15) is 0 Å². The molecule has 0 saturated heterocycles. The summed E-state index contributed by atoms with van der Waals surface area (Å²) < 4.78 is 5.54. The van der Waals surface area contributed by atoms with E-state index in [9.17, 15) is 4.79 Å². The van der Waals surface area contributed by atoms with Crippen LogP contribution in [0.4, 0.5) is 0 Å². The number of unbranched alkanes of at least 4 members (excludes halogenated alkanes) is 1. The van der Waals surface area contributed by atoms with Crippen LogP contribution in [-0.2, 0) is 16.0 Å². The van der Waals surface area contributed by atoms with Crippen LogP contribution in [0.15, 0.2) is 17.5 Å². The van der Waals surface area contributed by atoms with Gasteiger partial charge in [0, 0.05) is 17.9 Å². The molecule has 0 atom stereocenters. The van der Waals surface area contributed by atoms with Crippen molar-refractivity contribution in [3.8, 4) is 0 Å². The van der Waals surface area contributed by atoms with Crippen molar-refractivity contribution in [3.05, 3.63) is 22.4 Å². The number of hydrogen-bond acceptors (Lipinski definition) is 3. The minimum Gasteiger partial charge on any atom is -0.481 e. The standard InChI is InChI=1S/C14H22O3S/c1-14(2,13(15)16)8-3-4-9-17-10-7-12-6-5-11-18-12/h5-6,11H,3-4,7-10H2,1-2H3,(H,15,16). The van der Waals surface area contributed by atoms with E-state index in [1.165, 1.54) is 4.88 Å². The van der Waals surface area contributed by atoms with E-state index in [0.717, 1.165) is 32.5 Å². The average Bonchev–Trinajstić information content (AvgIpc) is 2.80. The van der Waals surface area contributed by atoms with Crippen molar-refractivity contribution in [2.75, 3.05) is 13.2 Å². The highest BCUT2D eigenvalue weighted by Crippen LogP contribution is 2.23. The average molecular weight is 270 g/mol. The van der Waals surface area contributed by atoms with Crippen molar-refractivity contribution in [2.45, 2.75) is 39.5 Å². The molecule has 0 unspecified atom stereocenters. The Hall–Kier alpha value is -0.870. The monoisotopic (exact) mass is 270 g/mol. The van der Waals surface area contributed by atoms with E-state index in [4.69, 9.17) is 9.84 Å². The number of aliphatic carboxylic acids is 1. The Morgan fingerprint density at radius 2 is 2.17 bits per heavy atom. The fraction of sp³-hybridized carbons (Fsp3) is 0.643. The largest absolute Gasteiger partial charge is 0.481 e. The molecule has 18 heavy (non-hydrogen) atoms. The molecule has 1 rings (SSSR count). The van der Waals surface area contributed by atoms with Crippen LogP contribution in [0.25, 0.3) is 0 Å². The van der Waals surface area contributed by atoms with E-state index in [2.05, 4.69) is 11.4 Å². The number of carbonyl (C=O) groups is 1. The summed E-state index contributed by atoms with van der Waals surface area (Å²) in [5.74, 6) is -0.721. The highest BCUT2D eigenvalue weighted by molar-refractivity contribution is 7.09. The molecule has 1 aromatic heterocycles. The molecular formula is C14H22O3S. The van der Waals surface area contributed by atoms with Crippen molar-refractivity contribution >= 4 is 17.3 Å². The molecule has 0 saturated carbocycles. The van der Waals surface area contributed by atoms with E-state index >= 15 is 0 Å². The first-order valence-corrected chi connectivity index (χ1v) is 7.24. The maximum atomic E-state index is 10.9. The maximum Gasteiger partial charge on any atom is 0.309 e. The molecule has 0 aliphatic heterocycles. The van der Waals surface area contributed by atoms with Crippen LogP contribution in [0.5, 0.6) is 0 Å². The van der Waals surface area contributed by atoms with Gasteiger partial charge < -0.3 is 9.84 Å². The van der Waals surface area contributed by atoms with Gasteiger partial charge in [0.2, 0.25) is 0 Å². The molecule has 0 aromatic carbocycles. The van der Waals surface area contributed by atoms with Gasteiger partial charge in [-0.3, -0.25) is 4.79 Å². The third-order valence-corrected chi connectivity index (χ3v) is 3.93. The third-order valence-electron chi connectivity index (χ3n) is 2.99. The van der Waals surface area contributed by atoms with E-state index in [-0.39, 0.29) is 0 Å². The second-order valence-electron chi connectivity index (χ2n) is 5.09. The second-order valence-corrected chi connectivity index (χ2v) is 6.12. The van der Waals surface area contributed by atoms with Crippen LogP contribution in [0.2, 0.25) is 0 Å². The molecule has 1 aromatic rings. The zero-order valence-corrected chi connectivity index (χ0v) is 12.0. The lowest BCUT2D eigenvalue weighted by atomic mass is 9.87. The number of rotatable bonds is 9. The Labute approximate surface area is 113 Å². The molecule has 3 nitrogen and oxygen atoms in total. The topological polar surface area (TPSA) is 46.5 Å². The summed E-state index contributed by atoms with van der Waals surface area (Å²) in [5.41, 5.74) is -0.614. The quantitative estimate of drug-likeness (QED) is 0.698. The number of ether oxygens (including phenoxy) is 1. The maximum absolute atomic E-state index is 10.9. The lowest BCUT2D eigenvalue weighted by molar-refractivity contribution is -0.147. The van der Waals surface area contributed by atoms with Gasteiger partial charge >= 0.3 is 5.97 Å². The smallest absolute Gasteiger partial charge is 0.309 e. The van der Waals surface area contributed by atoms with Crippen LogP contribution in [0, 0.1) is 5.41 Å². The predicted molar refractivity (Wildman–Crippen MR) is 74.1 cm³/mol. The van der Waals surface area contributed by atoms with Crippen LogP contribution < -0.4 is 0 Å². The van der Waals surface area contributed by atoms with Crippen LogP contribution in [0.3, 0.4) is 0 Å². The molecule has 0 bridgehead atoms. The van der Waals surface area contributed by atoms with E-state index in [1.54, 1.807) is 25.2 Å². The van der Waals surface area contributed by atoms with Gasteiger partial charge in [0.05, 0.1) is 12.0 Å². The van der Waals surface area contributed by atoms with Crippen molar-refractivity contribution in [1.82, 2.24) is 0 Å². The van der Waals surface area contributed by atoms with Gasteiger partial charge in [-0.25, -0.2) is 0 Å². The van der Waals surface area contributed by atoms with Crippen molar-refractivity contribution in [1.29, 1.82) is 0 Å². The Kier molecular flexibility index (Phi) is 6.36. The Morgan fingerprint density at radius 1 is 1.39 bits per heavy atom.